The van der Waals surface area contributed by atoms with Crippen molar-refractivity contribution in [1.29, 1.82) is 0 Å². The van der Waals surface area contributed by atoms with Gasteiger partial charge < -0.3 is 4.57 Å². The van der Waals surface area contributed by atoms with E-state index < -0.39 is 15.9 Å². The second kappa shape index (κ2) is 8.84. The Hall–Kier alpha value is -1.42. The molecular formula is C20H18Cl3N3O3S2. The van der Waals surface area contributed by atoms with E-state index in [4.69, 9.17) is 34.8 Å². The summed E-state index contributed by atoms with van der Waals surface area (Å²) in [5.41, 5.74) is 0.710. The smallest absolute Gasteiger partial charge is 0.252 e. The van der Waals surface area contributed by atoms with E-state index in [1.165, 1.54) is 39.9 Å². The molecular weight excluding hydrogens is 501 g/mol. The molecule has 164 valence electrons. The third-order valence-electron chi connectivity index (χ3n) is 5.25. The molecule has 0 N–H and O–H groups in total. The number of carbonyl (C=O) groups excluding carboxylic acids is 1. The Morgan fingerprint density at radius 3 is 2.55 bits per heavy atom. The van der Waals surface area contributed by atoms with Gasteiger partial charge in [-0.1, -0.05) is 46.1 Å². The number of nitrogens with zero attached hydrogens (tertiary/aromatic N) is 3. The minimum atomic E-state index is -3.71. The SMILES string of the molecule is Cn1c(=NC(=O)C2CCCN(S(=O)(=O)c3ccc(Cl)cc3)C2)sc2ccc(Cl)c(Cl)c21. The highest BCUT2D eigenvalue weighted by molar-refractivity contribution is 7.89. The van der Waals surface area contributed by atoms with Gasteiger partial charge in [0.05, 0.1) is 31.1 Å². The molecule has 0 spiro atoms. The Morgan fingerprint density at radius 1 is 1.13 bits per heavy atom. The average molecular weight is 519 g/mol. The van der Waals surface area contributed by atoms with Crippen molar-refractivity contribution in [2.75, 3.05) is 13.1 Å². The zero-order valence-electron chi connectivity index (χ0n) is 16.4. The molecule has 0 aliphatic carbocycles. The summed E-state index contributed by atoms with van der Waals surface area (Å²) in [6.45, 7) is 0.452. The number of piperidine rings is 1. The number of amides is 1. The van der Waals surface area contributed by atoms with Crippen LogP contribution in [0.2, 0.25) is 15.1 Å². The van der Waals surface area contributed by atoms with Crippen LogP contribution in [0.1, 0.15) is 12.8 Å². The number of benzene rings is 2. The summed E-state index contributed by atoms with van der Waals surface area (Å²) in [4.78, 5) is 17.9. The summed E-state index contributed by atoms with van der Waals surface area (Å²) in [6, 6.07) is 9.55. The van der Waals surface area contributed by atoms with E-state index in [1.807, 2.05) is 6.07 Å². The number of carbonyl (C=O) groups is 1. The number of rotatable bonds is 3. The Balaban J connectivity index is 1.61. The van der Waals surface area contributed by atoms with E-state index in [1.54, 1.807) is 17.7 Å². The summed E-state index contributed by atoms with van der Waals surface area (Å²) in [6.07, 6.45) is 1.16. The minimum absolute atomic E-state index is 0.0918. The molecule has 0 radical (unpaired) electrons. The van der Waals surface area contributed by atoms with Gasteiger partial charge in [-0.3, -0.25) is 4.79 Å². The first-order chi connectivity index (χ1) is 14.7. The van der Waals surface area contributed by atoms with Crippen LogP contribution >= 0.6 is 46.1 Å². The van der Waals surface area contributed by atoms with Crippen LogP contribution in [0, 0.1) is 5.92 Å². The number of aryl methyl sites for hydroxylation is 1. The number of hydrogen-bond acceptors (Lipinski definition) is 4. The fourth-order valence-electron chi connectivity index (χ4n) is 3.58. The van der Waals surface area contributed by atoms with E-state index in [0.717, 1.165) is 4.70 Å². The summed E-state index contributed by atoms with van der Waals surface area (Å²) >= 11 is 19.6. The largest absolute Gasteiger partial charge is 0.318 e. The van der Waals surface area contributed by atoms with Gasteiger partial charge >= 0.3 is 0 Å². The van der Waals surface area contributed by atoms with E-state index >= 15 is 0 Å². The third-order valence-corrected chi connectivity index (χ3v) is 9.27. The lowest BCUT2D eigenvalue weighted by Gasteiger charge is -2.30. The van der Waals surface area contributed by atoms with Crippen molar-refractivity contribution in [3.05, 3.63) is 56.3 Å². The number of aromatic nitrogens is 1. The Labute approximate surface area is 198 Å². The molecule has 3 aromatic rings. The maximum atomic E-state index is 13.0. The zero-order chi connectivity index (χ0) is 22.3. The normalized spacial score (nSPS) is 18.6. The minimum Gasteiger partial charge on any atom is -0.318 e. The average Bonchev–Trinajstić information content (AvgIpc) is 3.07. The van der Waals surface area contributed by atoms with Gasteiger partial charge in [-0.2, -0.15) is 9.30 Å². The number of sulfonamides is 1. The van der Waals surface area contributed by atoms with Gasteiger partial charge in [-0.05, 0) is 49.2 Å². The monoisotopic (exact) mass is 517 g/mol. The van der Waals surface area contributed by atoms with Gasteiger partial charge in [-0.25, -0.2) is 8.42 Å². The lowest BCUT2D eigenvalue weighted by molar-refractivity contribution is -0.122. The topological polar surface area (TPSA) is 71.7 Å². The van der Waals surface area contributed by atoms with Gasteiger partial charge in [0.15, 0.2) is 4.80 Å². The van der Waals surface area contributed by atoms with Crippen LogP contribution in [0.3, 0.4) is 0 Å². The van der Waals surface area contributed by atoms with Crippen molar-refractivity contribution in [3.63, 3.8) is 0 Å². The standard InChI is InChI=1S/C20H18Cl3N3O3S2/c1-25-18-16(9-8-15(22)17(18)23)30-20(25)24-19(27)12-3-2-10-26(11-12)31(28,29)14-6-4-13(21)5-7-14/h4-9,12H,2-3,10-11H2,1H3. The predicted molar refractivity (Wildman–Crippen MR) is 124 cm³/mol. The van der Waals surface area contributed by atoms with Crippen molar-refractivity contribution >= 4 is 72.3 Å². The second-order valence-corrected chi connectivity index (χ2v) is 11.4. The molecule has 11 heteroatoms. The maximum absolute atomic E-state index is 13.0. The van der Waals surface area contributed by atoms with Crippen molar-refractivity contribution in [1.82, 2.24) is 8.87 Å². The first kappa shape index (κ1) is 22.8. The number of thiazole rings is 1. The Morgan fingerprint density at radius 2 is 1.84 bits per heavy atom. The first-order valence-electron chi connectivity index (χ1n) is 9.46. The molecule has 1 aliphatic heterocycles. The highest BCUT2D eigenvalue weighted by Crippen LogP contribution is 2.31. The van der Waals surface area contributed by atoms with E-state index in [9.17, 15) is 13.2 Å². The van der Waals surface area contributed by atoms with Crippen molar-refractivity contribution in [2.24, 2.45) is 18.0 Å². The molecule has 1 saturated heterocycles. The fraction of sp³-hybridized carbons (Fsp3) is 0.300. The number of halogens is 3. The van der Waals surface area contributed by atoms with E-state index in [-0.39, 0.29) is 17.3 Å². The Kier molecular flexibility index (Phi) is 6.49. The highest BCUT2D eigenvalue weighted by Gasteiger charge is 2.33. The second-order valence-electron chi connectivity index (χ2n) is 7.26. The quantitative estimate of drug-likeness (QED) is 0.503. The molecule has 1 atom stereocenters. The van der Waals surface area contributed by atoms with Crippen LogP contribution in [0.4, 0.5) is 0 Å². The first-order valence-corrected chi connectivity index (χ1v) is 12.9. The fourth-order valence-corrected chi connectivity index (χ4v) is 6.76. The predicted octanol–water partition coefficient (Wildman–Crippen LogP) is 4.73. The summed E-state index contributed by atoms with van der Waals surface area (Å²) in [5, 5.41) is 1.29. The Bertz CT molecular complexity index is 1330. The van der Waals surface area contributed by atoms with Crippen LogP contribution in [-0.2, 0) is 21.9 Å². The molecule has 31 heavy (non-hydrogen) atoms. The van der Waals surface area contributed by atoms with E-state index in [0.29, 0.717) is 44.8 Å². The number of fused-ring (bicyclic) bond motifs is 1. The number of hydrogen-bond donors (Lipinski definition) is 0. The zero-order valence-corrected chi connectivity index (χ0v) is 20.3. The molecule has 1 aromatic heterocycles. The molecule has 2 aromatic carbocycles. The molecule has 2 heterocycles. The van der Waals surface area contributed by atoms with Crippen molar-refractivity contribution in [2.45, 2.75) is 17.7 Å². The molecule has 1 fully saturated rings. The van der Waals surface area contributed by atoms with Gasteiger partial charge in [0.25, 0.3) is 5.91 Å². The summed E-state index contributed by atoms with van der Waals surface area (Å²) in [5.74, 6) is -0.861. The summed E-state index contributed by atoms with van der Waals surface area (Å²) in [7, 11) is -1.94. The van der Waals surface area contributed by atoms with Crippen LogP contribution in [-0.4, -0.2) is 36.3 Å². The van der Waals surface area contributed by atoms with Crippen molar-refractivity contribution < 1.29 is 13.2 Å². The van der Waals surface area contributed by atoms with Crippen LogP contribution < -0.4 is 4.80 Å². The lowest BCUT2D eigenvalue weighted by atomic mass is 9.99. The third kappa shape index (κ3) is 4.42. The van der Waals surface area contributed by atoms with Crippen molar-refractivity contribution in [3.8, 4) is 0 Å². The van der Waals surface area contributed by atoms with Gasteiger partial charge in [-0.15, -0.1) is 0 Å². The molecule has 0 bridgehead atoms. The molecule has 6 nitrogen and oxygen atoms in total. The molecule has 1 unspecified atom stereocenters. The van der Waals surface area contributed by atoms with Crippen LogP contribution in [0.15, 0.2) is 46.3 Å². The van der Waals surface area contributed by atoms with E-state index in [2.05, 4.69) is 4.99 Å². The molecule has 4 rings (SSSR count). The van der Waals surface area contributed by atoms with Crippen LogP contribution in [0.25, 0.3) is 10.2 Å². The highest BCUT2D eigenvalue weighted by atomic mass is 35.5. The molecule has 1 aliphatic rings. The van der Waals surface area contributed by atoms with Crippen LogP contribution in [0.5, 0.6) is 0 Å². The van der Waals surface area contributed by atoms with Gasteiger partial charge in [0, 0.05) is 25.2 Å². The molecule has 1 amide bonds. The maximum Gasteiger partial charge on any atom is 0.252 e. The van der Waals surface area contributed by atoms with Gasteiger partial charge in [0.1, 0.15) is 0 Å². The molecule has 0 saturated carbocycles. The lowest BCUT2D eigenvalue weighted by Crippen LogP contribution is -2.42. The summed E-state index contributed by atoms with van der Waals surface area (Å²) < 4.78 is 29.9. The van der Waals surface area contributed by atoms with Gasteiger partial charge in [0.2, 0.25) is 10.0 Å².